The summed E-state index contributed by atoms with van der Waals surface area (Å²) in [6.45, 7) is 5.71. The van der Waals surface area contributed by atoms with Crippen LogP contribution in [0.25, 0.3) is 0 Å². The standard InChI is InChI=1S/C20H24ClN3O3/c1-2-27-17-6-4-16(5-7-17)23-20(25)14-22-18-13-15(21)3-8-19(18)24-9-11-26-12-10-24/h3-8,13,22H,2,9-12,14H2,1H3,(H,23,25). The maximum atomic E-state index is 12.3. The average molecular weight is 390 g/mol. The van der Waals surface area contributed by atoms with E-state index in [4.69, 9.17) is 21.1 Å². The van der Waals surface area contributed by atoms with E-state index >= 15 is 0 Å². The van der Waals surface area contributed by atoms with Crippen molar-refractivity contribution in [1.29, 1.82) is 0 Å². The Morgan fingerprint density at radius 2 is 1.93 bits per heavy atom. The number of carbonyl (C=O) groups excluding carboxylic acids is 1. The maximum Gasteiger partial charge on any atom is 0.243 e. The summed E-state index contributed by atoms with van der Waals surface area (Å²) in [5, 5.41) is 6.70. The molecule has 7 heteroatoms. The Morgan fingerprint density at radius 3 is 2.63 bits per heavy atom. The van der Waals surface area contributed by atoms with E-state index < -0.39 is 0 Å². The molecule has 2 aromatic rings. The highest BCUT2D eigenvalue weighted by molar-refractivity contribution is 6.31. The molecule has 0 aliphatic carbocycles. The molecule has 1 heterocycles. The summed E-state index contributed by atoms with van der Waals surface area (Å²) < 4.78 is 10.8. The number of hydrogen-bond donors (Lipinski definition) is 2. The van der Waals surface area contributed by atoms with Crippen LogP contribution in [0.2, 0.25) is 5.02 Å². The first-order valence-corrected chi connectivity index (χ1v) is 9.42. The molecule has 1 aliphatic heterocycles. The molecule has 6 nitrogen and oxygen atoms in total. The van der Waals surface area contributed by atoms with E-state index in [1.54, 1.807) is 0 Å². The number of nitrogens with one attached hydrogen (secondary N) is 2. The van der Waals surface area contributed by atoms with Crippen molar-refractivity contribution in [2.24, 2.45) is 0 Å². The van der Waals surface area contributed by atoms with Crippen molar-refractivity contribution < 1.29 is 14.3 Å². The molecular weight excluding hydrogens is 366 g/mol. The van der Waals surface area contributed by atoms with Gasteiger partial charge in [-0.3, -0.25) is 4.79 Å². The van der Waals surface area contributed by atoms with Gasteiger partial charge in [0.1, 0.15) is 5.75 Å². The summed E-state index contributed by atoms with van der Waals surface area (Å²) in [6, 6.07) is 13.0. The third kappa shape index (κ3) is 5.52. The zero-order valence-electron chi connectivity index (χ0n) is 15.3. The van der Waals surface area contributed by atoms with Gasteiger partial charge in [0.15, 0.2) is 0 Å². The van der Waals surface area contributed by atoms with Crippen molar-refractivity contribution in [3.8, 4) is 5.75 Å². The fourth-order valence-corrected chi connectivity index (χ4v) is 3.08. The molecule has 27 heavy (non-hydrogen) atoms. The van der Waals surface area contributed by atoms with E-state index in [-0.39, 0.29) is 12.5 Å². The number of ether oxygens (including phenoxy) is 2. The number of amides is 1. The van der Waals surface area contributed by atoms with Crippen LogP contribution in [0, 0.1) is 0 Å². The summed E-state index contributed by atoms with van der Waals surface area (Å²) >= 11 is 6.15. The maximum absolute atomic E-state index is 12.3. The summed E-state index contributed by atoms with van der Waals surface area (Å²) in [5.74, 6) is 0.648. The van der Waals surface area contributed by atoms with E-state index in [1.165, 1.54) is 0 Å². The van der Waals surface area contributed by atoms with Gasteiger partial charge in [-0.15, -0.1) is 0 Å². The number of morpholine rings is 1. The van der Waals surface area contributed by atoms with Gasteiger partial charge in [-0.1, -0.05) is 11.6 Å². The molecule has 2 N–H and O–H groups in total. The molecule has 0 aromatic heterocycles. The second-order valence-corrected chi connectivity index (χ2v) is 6.56. The largest absolute Gasteiger partial charge is 0.494 e. The van der Waals surface area contributed by atoms with E-state index in [9.17, 15) is 4.79 Å². The van der Waals surface area contributed by atoms with Crippen LogP contribution in [0.5, 0.6) is 5.75 Å². The fourth-order valence-electron chi connectivity index (χ4n) is 2.91. The number of hydrogen-bond acceptors (Lipinski definition) is 5. The van der Waals surface area contributed by atoms with Gasteiger partial charge in [0.25, 0.3) is 0 Å². The first kappa shape index (κ1) is 19.3. The second-order valence-electron chi connectivity index (χ2n) is 6.12. The number of benzene rings is 2. The average Bonchev–Trinajstić information content (AvgIpc) is 2.69. The minimum Gasteiger partial charge on any atom is -0.494 e. The fraction of sp³-hybridized carbons (Fsp3) is 0.350. The van der Waals surface area contributed by atoms with Crippen LogP contribution in [0.15, 0.2) is 42.5 Å². The van der Waals surface area contributed by atoms with Crippen LogP contribution in [-0.2, 0) is 9.53 Å². The summed E-state index contributed by atoms with van der Waals surface area (Å²) in [4.78, 5) is 14.5. The van der Waals surface area contributed by atoms with E-state index in [2.05, 4.69) is 15.5 Å². The van der Waals surface area contributed by atoms with Crippen LogP contribution >= 0.6 is 11.6 Å². The van der Waals surface area contributed by atoms with Crippen molar-refractivity contribution >= 4 is 34.6 Å². The van der Waals surface area contributed by atoms with Gasteiger partial charge < -0.3 is 25.0 Å². The Morgan fingerprint density at radius 1 is 1.19 bits per heavy atom. The first-order valence-electron chi connectivity index (χ1n) is 9.04. The van der Waals surface area contributed by atoms with Crippen molar-refractivity contribution in [3.05, 3.63) is 47.5 Å². The lowest BCUT2D eigenvalue weighted by Crippen LogP contribution is -2.36. The Bertz CT molecular complexity index is 762. The predicted octanol–water partition coefficient (Wildman–Crippen LogP) is 3.63. The molecule has 1 fully saturated rings. The molecule has 0 saturated carbocycles. The summed E-state index contributed by atoms with van der Waals surface area (Å²) in [7, 11) is 0. The number of rotatable bonds is 7. The number of nitrogens with zero attached hydrogens (tertiary/aromatic N) is 1. The number of carbonyl (C=O) groups is 1. The van der Waals surface area contributed by atoms with Gasteiger partial charge in [0.2, 0.25) is 5.91 Å². The van der Waals surface area contributed by atoms with E-state index in [0.29, 0.717) is 24.8 Å². The Kier molecular flexibility index (Phi) is 6.79. The number of halogens is 1. The summed E-state index contributed by atoms with van der Waals surface area (Å²) in [6.07, 6.45) is 0. The molecule has 1 saturated heterocycles. The van der Waals surface area contributed by atoms with Gasteiger partial charge in [-0.25, -0.2) is 0 Å². The van der Waals surface area contributed by atoms with Crippen molar-refractivity contribution in [2.75, 3.05) is 55.0 Å². The molecule has 1 aliphatic rings. The molecule has 0 radical (unpaired) electrons. The molecule has 144 valence electrons. The van der Waals surface area contributed by atoms with Crippen LogP contribution in [0.1, 0.15) is 6.92 Å². The van der Waals surface area contributed by atoms with E-state index in [0.717, 1.165) is 35.9 Å². The summed E-state index contributed by atoms with van der Waals surface area (Å²) in [5.41, 5.74) is 2.59. The highest BCUT2D eigenvalue weighted by Crippen LogP contribution is 2.29. The molecule has 0 unspecified atom stereocenters. The Labute approximate surface area is 164 Å². The van der Waals surface area contributed by atoms with E-state index in [1.807, 2.05) is 49.4 Å². The quantitative estimate of drug-likeness (QED) is 0.757. The Balaban J connectivity index is 1.60. The van der Waals surface area contributed by atoms with Crippen molar-refractivity contribution in [3.63, 3.8) is 0 Å². The van der Waals surface area contributed by atoms with Crippen molar-refractivity contribution in [2.45, 2.75) is 6.92 Å². The van der Waals surface area contributed by atoms with Gasteiger partial charge >= 0.3 is 0 Å². The predicted molar refractivity (Wildman–Crippen MR) is 109 cm³/mol. The smallest absolute Gasteiger partial charge is 0.243 e. The third-order valence-corrected chi connectivity index (χ3v) is 4.43. The monoisotopic (exact) mass is 389 g/mol. The minimum absolute atomic E-state index is 0.132. The highest BCUT2D eigenvalue weighted by atomic mass is 35.5. The molecule has 1 amide bonds. The highest BCUT2D eigenvalue weighted by Gasteiger charge is 2.15. The molecule has 0 bridgehead atoms. The first-order chi connectivity index (χ1) is 13.2. The van der Waals surface area contributed by atoms with Gasteiger partial charge in [-0.2, -0.15) is 0 Å². The Hall–Kier alpha value is -2.44. The van der Waals surface area contributed by atoms with Crippen LogP contribution in [0.3, 0.4) is 0 Å². The van der Waals surface area contributed by atoms with Gasteiger partial charge in [0, 0.05) is 23.8 Å². The van der Waals surface area contributed by atoms with Crippen LogP contribution in [-0.4, -0.2) is 45.4 Å². The zero-order valence-corrected chi connectivity index (χ0v) is 16.1. The third-order valence-electron chi connectivity index (χ3n) is 4.20. The van der Waals surface area contributed by atoms with Crippen LogP contribution < -0.4 is 20.3 Å². The molecule has 3 rings (SSSR count). The van der Waals surface area contributed by atoms with Crippen molar-refractivity contribution in [1.82, 2.24) is 0 Å². The van der Waals surface area contributed by atoms with Gasteiger partial charge in [-0.05, 0) is 49.4 Å². The second kappa shape index (κ2) is 9.48. The molecule has 0 atom stereocenters. The minimum atomic E-state index is -0.132. The lowest BCUT2D eigenvalue weighted by atomic mass is 10.2. The molecular formula is C20H24ClN3O3. The topological polar surface area (TPSA) is 62.8 Å². The lowest BCUT2D eigenvalue weighted by Gasteiger charge is -2.30. The lowest BCUT2D eigenvalue weighted by molar-refractivity contribution is -0.114. The molecule has 0 spiro atoms. The van der Waals surface area contributed by atoms with Gasteiger partial charge in [0.05, 0.1) is 37.7 Å². The number of anilines is 3. The van der Waals surface area contributed by atoms with Crippen LogP contribution in [0.4, 0.5) is 17.1 Å². The zero-order chi connectivity index (χ0) is 19.1. The normalized spacial score (nSPS) is 13.9. The molecule has 2 aromatic carbocycles. The SMILES string of the molecule is CCOc1ccc(NC(=O)CNc2cc(Cl)ccc2N2CCOCC2)cc1.